The summed E-state index contributed by atoms with van der Waals surface area (Å²) >= 11 is 0. The van der Waals surface area contributed by atoms with Gasteiger partial charge in [0.25, 0.3) is 5.91 Å². The largest absolute Gasteiger partial charge is 0.348 e. The monoisotopic (exact) mass is 353 g/mol. The van der Waals surface area contributed by atoms with Crippen LogP contribution < -0.4 is 16.0 Å². The van der Waals surface area contributed by atoms with Crippen LogP contribution in [0.5, 0.6) is 0 Å². The van der Waals surface area contributed by atoms with E-state index in [1.54, 1.807) is 12.1 Å². The fourth-order valence-electron chi connectivity index (χ4n) is 2.53. The molecule has 1 heterocycles. The molecule has 0 saturated carbocycles. The molecule has 2 rings (SSSR count). The van der Waals surface area contributed by atoms with E-state index in [-0.39, 0.29) is 30.3 Å². The zero-order chi connectivity index (χ0) is 17.0. The van der Waals surface area contributed by atoms with E-state index in [0.717, 1.165) is 19.5 Å². The summed E-state index contributed by atoms with van der Waals surface area (Å²) in [5, 5.41) is 9.25. The molecule has 1 aliphatic rings. The summed E-state index contributed by atoms with van der Waals surface area (Å²) in [5.74, 6) is 0.192. The topological polar surface area (TPSA) is 70.2 Å². The Morgan fingerprint density at radius 2 is 1.88 bits per heavy atom. The molecule has 134 valence electrons. The van der Waals surface area contributed by atoms with Gasteiger partial charge >= 0.3 is 0 Å². The van der Waals surface area contributed by atoms with Crippen molar-refractivity contribution < 1.29 is 9.59 Å². The van der Waals surface area contributed by atoms with Crippen LogP contribution >= 0.6 is 12.4 Å². The van der Waals surface area contributed by atoms with Gasteiger partial charge < -0.3 is 16.0 Å². The summed E-state index contributed by atoms with van der Waals surface area (Å²) in [5.41, 5.74) is 0.551. The van der Waals surface area contributed by atoms with Crippen LogP contribution in [-0.2, 0) is 4.79 Å². The molecule has 1 saturated heterocycles. The average Bonchev–Trinajstić information content (AvgIpc) is 2.49. The number of carbonyl (C=O) groups excluding carboxylic acids is 2. The van der Waals surface area contributed by atoms with Crippen molar-refractivity contribution in [3.8, 4) is 0 Å². The summed E-state index contributed by atoms with van der Waals surface area (Å²) in [6.07, 6.45) is 1.05. The smallest absolute Gasteiger partial charge is 0.253 e. The van der Waals surface area contributed by atoms with Gasteiger partial charge in [0.2, 0.25) is 5.91 Å². The number of carbonyl (C=O) groups is 2. The molecule has 0 radical (unpaired) electrons. The van der Waals surface area contributed by atoms with Crippen molar-refractivity contribution in [1.82, 2.24) is 10.6 Å². The van der Waals surface area contributed by atoms with E-state index >= 15 is 0 Å². The van der Waals surface area contributed by atoms with E-state index in [4.69, 9.17) is 0 Å². The van der Waals surface area contributed by atoms with Crippen LogP contribution in [0.15, 0.2) is 24.3 Å². The number of hydrogen-bond donors (Lipinski definition) is 3. The van der Waals surface area contributed by atoms with Gasteiger partial charge in [-0.1, -0.05) is 39.8 Å². The zero-order valence-electron chi connectivity index (χ0n) is 14.8. The van der Waals surface area contributed by atoms with E-state index in [0.29, 0.717) is 17.2 Å². The van der Waals surface area contributed by atoms with Crippen LogP contribution in [0.2, 0.25) is 0 Å². The Morgan fingerprint density at radius 1 is 1.21 bits per heavy atom. The van der Waals surface area contributed by atoms with Crippen LogP contribution in [0.3, 0.4) is 0 Å². The lowest BCUT2D eigenvalue weighted by molar-refractivity contribution is -0.123. The standard InChI is InChI=1S/C18H27N3O2.ClH/c1-12-9-10-19-11-15(12)20-16(22)13-7-5-6-8-14(13)21-17(23)18(2,3)4;/h5-8,12,15,19H,9-11H2,1-4H3,(H,20,22)(H,21,23);1H. The fraction of sp³-hybridized carbons (Fsp3) is 0.556. The summed E-state index contributed by atoms with van der Waals surface area (Å²) in [6, 6.07) is 7.25. The molecule has 0 aliphatic carbocycles. The number of rotatable bonds is 3. The van der Waals surface area contributed by atoms with E-state index in [1.807, 2.05) is 32.9 Å². The Morgan fingerprint density at radius 3 is 2.50 bits per heavy atom. The molecule has 1 aliphatic heterocycles. The molecule has 1 fully saturated rings. The molecule has 1 aromatic rings. The number of halogens is 1. The first-order valence-corrected chi connectivity index (χ1v) is 8.21. The van der Waals surface area contributed by atoms with Crippen LogP contribution in [0.1, 0.15) is 44.5 Å². The molecule has 6 heteroatoms. The third kappa shape index (κ3) is 5.21. The van der Waals surface area contributed by atoms with Crippen molar-refractivity contribution in [2.75, 3.05) is 18.4 Å². The Balaban J connectivity index is 0.00000288. The van der Waals surface area contributed by atoms with Gasteiger partial charge in [0, 0.05) is 18.0 Å². The maximum atomic E-state index is 12.6. The summed E-state index contributed by atoms with van der Waals surface area (Å²) < 4.78 is 0. The van der Waals surface area contributed by atoms with Crippen molar-refractivity contribution in [3.63, 3.8) is 0 Å². The third-order valence-electron chi connectivity index (χ3n) is 4.25. The molecule has 2 unspecified atom stereocenters. The number of benzene rings is 1. The number of nitrogens with one attached hydrogen (secondary N) is 3. The predicted molar refractivity (Wildman–Crippen MR) is 99.7 cm³/mol. The van der Waals surface area contributed by atoms with E-state index in [2.05, 4.69) is 22.9 Å². The quantitative estimate of drug-likeness (QED) is 0.782. The summed E-state index contributed by atoms with van der Waals surface area (Å²) in [7, 11) is 0. The highest BCUT2D eigenvalue weighted by Gasteiger charge is 2.26. The number of amides is 2. The second-order valence-electron chi connectivity index (χ2n) is 7.30. The lowest BCUT2D eigenvalue weighted by Gasteiger charge is -2.30. The van der Waals surface area contributed by atoms with Gasteiger partial charge in [-0.2, -0.15) is 0 Å². The molecule has 0 spiro atoms. The first-order chi connectivity index (χ1) is 10.8. The molecular weight excluding hydrogens is 326 g/mol. The van der Waals surface area contributed by atoms with Gasteiger partial charge in [0.1, 0.15) is 0 Å². The first-order valence-electron chi connectivity index (χ1n) is 8.21. The van der Waals surface area contributed by atoms with E-state index < -0.39 is 5.41 Å². The van der Waals surface area contributed by atoms with Crippen LogP contribution in [0.25, 0.3) is 0 Å². The van der Waals surface area contributed by atoms with Crippen molar-refractivity contribution in [1.29, 1.82) is 0 Å². The van der Waals surface area contributed by atoms with Gasteiger partial charge in [-0.3, -0.25) is 9.59 Å². The predicted octanol–water partition coefficient (Wildman–Crippen LogP) is 2.82. The van der Waals surface area contributed by atoms with Crippen molar-refractivity contribution in [3.05, 3.63) is 29.8 Å². The van der Waals surface area contributed by atoms with Crippen molar-refractivity contribution in [2.45, 2.75) is 40.2 Å². The van der Waals surface area contributed by atoms with Gasteiger partial charge in [-0.15, -0.1) is 12.4 Å². The number of anilines is 1. The van der Waals surface area contributed by atoms with Gasteiger partial charge in [0.15, 0.2) is 0 Å². The molecule has 24 heavy (non-hydrogen) atoms. The van der Waals surface area contributed by atoms with Gasteiger partial charge in [0.05, 0.1) is 11.3 Å². The highest BCUT2D eigenvalue weighted by atomic mass is 35.5. The number of hydrogen-bond acceptors (Lipinski definition) is 3. The second kappa shape index (κ2) is 8.49. The molecule has 3 N–H and O–H groups in total. The highest BCUT2D eigenvalue weighted by Crippen LogP contribution is 2.21. The Kier molecular flexibility index (Phi) is 7.24. The minimum atomic E-state index is -0.509. The minimum absolute atomic E-state index is 0. The van der Waals surface area contributed by atoms with Crippen LogP contribution in [0.4, 0.5) is 5.69 Å². The van der Waals surface area contributed by atoms with E-state index in [1.165, 1.54) is 0 Å². The van der Waals surface area contributed by atoms with Crippen LogP contribution in [-0.4, -0.2) is 30.9 Å². The molecule has 2 amide bonds. The average molecular weight is 354 g/mol. The lowest BCUT2D eigenvalue weighted by Crippen LogP contribution is -2.50. The maximum absolute atomic E-state index is 12.6. The van der Waals surface area contributed by atoms with Gasteiger partial charge in [-0.05, 0) is 31.0 Å². The Labute approximate surface area is 150 Å². The molecular formula is C18H28ClN3O2. The van der Waals surface area contributed by atoms with Crippen LogP contribution in [0, 0.1) is 11.3 Å². The lowest BCUT2D eigenvalue weighted by atomic mass is 9.94. The van der Waals surface area contributed by atoms with Crippen molar-refractivity contribution >= 4 is 29.9 Å². The summed E-state index contributed by atoms with van der Waals surface area (Å²) in [4.78, 5) is 24.8. The Bertz CT molecular complexity index is 584. The molecule has 0 aromatic heterocycles. The zero-order valence-corrected chi connectivity index (χ0v) is 15.6. The highest BCUT2D eigenvalue weighted by molar-refractivity contribution is 6.04. The first kappa shape index (κ1) is 20.5. The molecule has 0 bridgehead atoms. The Hall–Kier alpha value is -1.59. The number of piperidine rings is 1. The third-order valence-corrected chi connectivity index (χ3v) is 4.25. The SMILES string of the molecule is CC1CCNCC1NC(=O)c1ccccc1NC(=O)C(C)(C)C.Cl. The maximum Gasteiger partial charge on any atom is 0.253 e. The minimum Gasteiger partial charge on any atom is -0.348 e. The fourth-order valence-corrected chi connectivity index (χ4v) is 2.53. The normalized spacial score (nSPS) is 20.7. The van der Waals surface area contributed by atoms with Crippen molar-refractivity contribution in [2.24, 2.45) is 11.3 Å². The molecule has 1 aromatic carbocycles. The second-order valence-corrected chi connectivity index (χ2v) is 7.30. The molecule has 2 atom stereocenters. The molecule has 5 nitrogen and oxygen atoms in total. The van der Waals surface area contributed by atoms with Gasteiger partial charge in [-0.25, -0.2) is 0 Å². The number of para-hydroxylation sites is 1. The van der Waals surface area contributed by atoms with E-state index in [9.17, 15) is 9.59 Å². The summed E-state index contributed by atoms with van der Waals surface area (Å²) in [6.45, 7) is 9.47.